The van der Waals surface area contributed by atoms with Crippen molar-refractivity contribution in [1.82, 2.24) is 10.3 Å². The van der Waals surface area contributed by atoms with E-state index in [4.69, 9.17) is 0 Å². The number of carbonyl (C=O) groups excluding carboxylic acids is 1. The van der Waals surface area contributed by atoms with Crippen LogP contribution in [0.5, 0.6) is 0 Å². The molecule has 0 spiro atoms. The molecule has 2 N–H and O–H groups in total. The molecule has 1 aromatic heterocycles. The topological polar surface area (TPSA) is 54.0 Å². The highest BCUT2D eigenvalue weighted by Gasteiger charge is 2.26. The van der Waals surface area contributed by atoms with Crippen LogP contribution in [0.15, 0.2) is 34.6 Å². The van der Waals surface area contributed by atoms with Gasteiger partial charge in [-0.1, -0.05) is 0 Å². The summed E-state index contributed by atoms with van der Waals surface area (Å²) in [6, 6.07) is 3.76. The fourth-order valence-corrected chi connectivity index (χ4v) is 2.16. The average Bonchev–Trinajstić information content (AvgIpc) is 2.18. The van der Waals surface area contributed by atoms with Crippen molar-refractivity contribution in [2.24, 2.45) is 0 Å². The van der Waals surface area contributed by atoms with E-state index in [-0.39, 0.29) is 11.4 Å². The number of halogens is 1. The van der Waals surface area contributed by atoms with Gasteiger partial charge in [0.05, 0.1) is 4.47 Å². The minimum Gasteiger partial charge on any atom is -0.347 e. The SMILES string of the molecule is CC1(C)CC(Nc2ncccc2Br)=CC(=O)N1. The van der Waals surface area contributed by atoms with Gasteiger partial charge in [-0.25, -0.2) is 4.98 Å². The van der Waals surface area contributed by atoms with Crippen molar-refractivity contribution in [1.29, 1.82) is 0 Å². The summed E-state index contributed by atoms with van der Waals surface area (Å²) < 4.78 is 0.879. The third kappa shape index (κ3) is 3.06. The van der Waals surface area contributed by atoms with E-state index in [9.17, 15) is 4.79 Å². The van der Waals surface area contributed by atoms with Crippen LogP contribution in [0.3, 0.4) is 0 Å². The van der Waals surface area contributed by atoms with Crippen LogP contribution in [-0.4, -0.2) is 16.4 Å². The molecular weight excluding hydrogens is 282 g/mol. The number of carbonyl (C=O) groups is 1. The number of hydrogen-bond acceptors (Lipinski definition) is 3. The Kier molecular flexibility index (Phi) is 3.19. The fraction of sp³-hybridized carbons (Fsp3) is 0.333. The predicted molar refractivity (Wildman–Crippen MR) is 70.5 cm³/mol. The monoisotopic (exact) mass is 295 g/mol. The van der Waals surface area contributed by atoms with Crippen molar-refractivity contribution >= 4 is 27.7 Å². The third-order valence-electron chi connectivity index (χ3n) is 2.44. The first-order valence-corrected chi connectivity index (χ1v) is 6.16. The molecule has 1 aromatic rings. The molecule has 0 radical (unpaired) electrons. The zero-order valence-electron chi connectivity index (χ0n) is 9.75. The summed E-state index contributed by atoms with van der Waals surface area (Å²) >= 11 is 3.41. The van der Waals surface area contributed by atoms with E-state index in [1.54, 1.807) is 12.3 Å². The minimum atomic E-state index is -0.227. The normalized spacial score (nSPS) is 18.3. The molecule has 1 aliphatic rings. The van der Waals surface area contributed by atoms with Crippen molar-refractivity contribution in [2.75, 3.05) is 5.32 Å². The number of rotatable bonds is 2. The lowest BCUT2D eigenvalue weighted by Gasteiger charge is -2.31. The molecule has 0 aliphatic carbocycles. The number of amides is 1. The first-order valence-electron chi connectivity index (χ1n) is 5.36. The van der Waals surface area contributed by atoms with Crippen LogP contribution in [0.4, 0.5) is 5.82 Å². The van der Waals surface area contributed by atoms with E-state index in [0.29, 0.717) is 0 Å². The Morgan fingerprint density at radius 3 is 2.94 bits per heavy atom. The number of aromatic nitrogens is 1. The Hall–Kier alpha value is -1.36. The van der Waals surface area contributed by atoms with E-state index in [1.165, 1.54) is 0 Å². The Balaban J connectivity index is 2.20. The standard InChI is InChI=1S/C12H14BrN3O/c1-12(2)7-8(6-10(17)16-12)15-11-9(13)4-3-5-14-11/h3-6H,7H2,1-2H3,(H,14,15)(H,16,17). The highest BCUT2D eigenvalue weighted by Crippen LogP contribution is 2.25. The quantitative estimate of drug-likeness (QED) is 0.881. The van der Waals surface area contributed by atoms with Gasteiger partial charge >= 0.3 is 0 Å². The summed E-state index contributed by atoms with van der Waals surface area (Å²) in [6.45, 7) is 3.99. The zero-order valence-corrected chi connectivity index (χ0v) is 11.3. The molecule has 0 fully saturated rings. The highest BCUT2D eigenvalue weighted by molar-refractivity contribution is 9.10. The van der Waals surface area contributed by atoms with Crippen LogP contribution in [0, 0.1) is 0 Å². The van der Waals surface area contributed by atoms with Crippen LogP contribution in [-0.2, 0) is 4.79 Å². The molecule has 0 unspecified atom stereocenters. The number of anilines is 1. The molecule has 1 amide bonds. The number of nitrogens with zero attached hydrogens (tertiary/aromatic N) is 1. The second kappa shape index (κ2) is 4.49. The van der Waals surface area contributed by atoms with Gasteiger partial charge in [0.1, 0.15) is 5.82 Å². The number of pyridine rings is 1. The molecule has 1 aliphatic heterocycles. The van der Waals surface area contributed by atoms with E-state index in [1.807, 2.05) is 26.0 Å². The van der Waals surface area contributed by atoms with Gasteiger partial charge in [0.15, 0.2) is 0 Å². The second-order valence-corrected chi connectivity index (χ2v) is 5.53. The molecule has 17 heavy (non-hydrogen) atoms. The molecule has 90 valence electrons. The first-order chi connectivity index (χ1) is 7.96. The molecule has 0 atom stereocenters. The second-order valence-electron chi connectivity index (χ2n) is 4.68. The molecule has 0 saturated heterocycles. The molecule has 5 heteroatoms. The number of hydrogen-bond donors (Lipinski definition) is 2. The van der Waals surface area contributed by atoms with Gasteiger partial charge < -0.3 is 10.6 Å². The highest BCUT2D eigenvalue weighted by atomic mass is 79.9. The first kappa shape index (κ1) is 12.1. The fourth-order valence-electron chi connectivity index (χ4n) is 1.81. The minimum absolute atomic E-state index is 0.0733. The lowest BCUT2D eigenvalue weighted by Crippen LogP contribution is -2.46. The lowest BCUT2D eigenvalue weighted by molar-refractivity contribution is -0.118. The molecule has 2 heterocycles. The van der Waals surface area contributed by atoms with Gasteiger partial charge in [-0.2, -0.15) is 0 Å². The maximum absolute atomic E-state index is 11.5. The van der Waals surface area contributed by atoms with Crippen molar-refractivity contribution < 1.29 is 4.79 Å². The van der Waals surface area contributed by atoms with Crippen LogP contribution < -0.4 is 10.6 Å². The van der Waals surface area contributed by atoms with Gasteiger partial charge in [0.2, 0.25) is 5.91 Å². The molecular formula is C12H14BrN3O. The van der Waals surface area contributed by atoms with Crippen molar-refractivity contribution in [3.8, 4) is 0 Å². The average molecular weight is 296 g/mol. The van der Waals surface area contributed by atoms with Crippen molar-refractivity contribution in [2.45, 2.75) is 25.8 Å². The van der Waals surface area contributed by atoms with Crippen LogP contribution >= 0.6 is 15.9 Å². The van der Waals surface area contributed by atoms with E-state index in [0.717, 1.165) is 22.4 Å². The summed E-state index contributed by atoms with van der Waals surface area (Å²) in [4.78, 5) is 15.7. The van der Waals surface area contributed by atoms with Crippen LogP contribution in [0.25, 0.3) is 0 Å². The Bertz CT molecular complexity index is 482. The van der Waals surface area contributed by atoms with Gasteiger partial charge in [-0.05, 0) is 41.9 Å². The zero-order chi connectivity index (χ0) is 12.5. The molecule has 4 nitrogen and oxygen atoms in total. The lowest BCUT2D eigenvalue weighted by atomic mass is 9.95. The van der Waals surface area contributed by atoms with Gasteiger partial charge in [-0.15, -0.1) is 0 Å². The third-order valence-corrected chi connectivity index (χ3v) is 3.08. The van der Waals surface area contributed by atoms with Gasteiger partial charge in [0, 0.05) is 29.9 Å². The molecule has 0 saturated carbocycles. The van der Waals surface area contributed by atoms with Crippen molar-refractivity contribution in [3.05, 3.63) is 34.6 Å². The number of nitrogens with one attached hydrogen (secondary N) is 2. The Morgan fingerprint density at radius 2 is 2.29 bits per heavy atom. The Labute approximate surface area is 109 Å². The Morgan fingerprint density at radius 1 is 1.53 bits per heavy atom. The largest absolute Gasteiger partial charge is 0.347 e. The predicted octanol–water partition coefficient (Wildman–Crippen LogP) is 2.44. The molecule has 0 bridgehead atoms. The van der Waals surface area contributed by atoms with E-state index >= 15 is 0 Å². The maximum Gasteiger partial charge on any atom is 0.246 e. The summed E-state index contributed by atoms with van der Waals surface area (Å²) in [6.07, 6.45) is 4.04. The molecule has 2 rings (SSSR count). The smallest absolute Gasteiger partial charge is 0.246 e. The van der Waals surface area contributed by atoms with Crippen LogP contribution in [0.2, 0.25) is 0 Å². The summed E-state index contributed by atoms with van der Waals surface area (Å²) in [5.41, 5.74) is 0.647. The van der Waals surface area contributed by atoms with Crippen LogP contribution in [0.1, 0.15) is 20.3 Å². The maximum atomic E-state index is 11.5. The summed E-state index contributed by atoms with van der Waals surface area (Å²) in [5, 5.41) is 6.08. The van der Waals surface area contributed by atoms with E-state index in [2.05, 4.69) is 31.5 Å². The summed E-state index contributed by atoms with van der Waals surface area (Å²) in [7, 11) is 0. The van der Waals surface area contributed by atoms with Gasteiger partial charge in [0.25, 0.3) is 0 Å². The summed E-state index contributed by atoms with van der Waals surface area (Å²) in [5.74, 6) is 0.653. The van der Waals surface area contributed by atoms with Crippen molar-refractivity contribution in [3.63, 3.8) is 0 Å². The molecule has 0 aromatic carbocycles. The van der Waals surface area contributed by atoms with E-state index < -0.39 is 0 Å². The van der Waals surface area contributed by atoms with Gasteiger partial charge in [-0.3, -0.25) is 4.79 Å².